The van der Waals surface area contributed by atoms with Crippen LogP contribution in [0.1, 0.15) is 17.2 Å². The van der Waals surface area contributed by atoms with Gasteiger partial charge in [0.25, 0.3) is 0 Å². The Kier molecular flexibility index (Phi) is 4.17. The number of nitrogens with two attached hydrogens (primary N) is 1. The highest BCUT2D eigenvalue weighted by molar-refractivity contribution is 8.01. The quantitative estimate of drug-likeness (QED) is 0.494. The van der Waals surface area contributed by atoms with Gasteiger partial charge in [0, 0.05) is 23.2 Å². The van der Waals surface area contributed by atoms with Crippen molar-refractivity contribution in [3.05, 3.63) is 47.5 Å². The minimum Gasteiger partial charge on any atom is -0.388 e. The van der Waals surface area contributed by atoms with E-state index in [1.165, 1.54) is 5.56 Å². The molecule has 17 heavy (non-hydrogen) atoms. The van der Waals surface area contributed by atoms with Gasteiger partial charge in [0.05, 0.1) is 5.84 Å². The Balaban J connectivity index is 2.16. The second kappa shape index (κ2) is 5.84. The molecule has 1 aromatic carbocycles. The molecular weight excluding hydrogens is 250 g/mol. The standard InChI is InChI=1S/C12H13N3S2/c13-11(14)8-10(9-4-2-1-3-5-9)17-12-15-6-7-16-12/h1-7,10H,8H2,(H3,13,14). The van der Waals surface area contributed by atoms with Gasteiger partial charge in [-0.15, -0.1) is 11.3 Å². The lowest BCUT2D eigenvalue weighted by Gasteiger charge is -2.14. The first-order valence-corrected chi connectivity index (χ1v) is 6.95. The topological polar surface area (TPSA) is 62.8 Å². The SMILES string of the molecule is N=C(N)CC(Sc1nccs1)c1ccccc1. The van der Waals surface area contributed by atoms with Gasteiger partial charge in [0.1, 0.15) is 4.34 Å². The number of hydrogen-bond acceptors (Lipinski definition) is 4. The first-order chi connectivity index (χ1) is 8.25. The Morgan fingerprint density at radius 2 is 2.18 bits per heavy atom. The van der Waals surface area contributed by atoms with Crippen LogP contribution in [-0.2, 0) is 0 Å². The zero-order chi connectivity index (χ0) is 12.1. The first-order valence-electron chi connectivity index (χ1n) is 5.19. The molecule has 88 valence electrons. The van der Waals surface area contributed by atoms with Gasteiger partial charge in [0.15, 0.2) is 0 Å². The zero-order valence-corrected chi connectivity index (χ0v) is 10.8. The molecular formula is C12H13N3S2. The van der Waals surface area contributed by atoms with Crippen molar-refractivity contribution in [1.82, 2.24) is 4.98 Å². The highest BCUT2D eigenvalue weighted by Crippen LogP contribution is 2.38. The largest absolute Gasteiger partial charge is 0.388 e. The third-order valence-corrected chi connectivity index (χ3v) is 4.40. The van der Waals surface area contributed by atoms with Crippen LogP contribution in [-0.4, -0.2) is 10.8 Å². The van der Waals surface area contributed by atoms with Crippen molar-refractivity contribution in [1.29, 1.82) is 5.41 Å². The monoisotopic (exact) mass is 263 g/mol. The number of nitrogens with one attached hydrogen (secondary N) is 1. The van der Waals surface area contributed by atoms with E-state index in [-0.39, 0.29) is 11.1 Å². The molecule has 1 atom stereocenters. The van der Waals surface area contributed by atoms with Crippen molar-refractivity contribution in [2.24, 2.45) is 5.73 Å². The minimum atomic E-state index is 0.167. The maximum absolute atomic E-state index is 7.45. The van der Waals surface area contributed by atoms with Crippen molar-refractivity contribution >= 4 is 28.9 Å². The molecule has 0 radical (unpaired) electrons. The van der Waals surface area contributed by atoms with Gasteiger partial charge >= 0.3 is 0 Å². The van der Waals surface area contributed by atoms with Crippen LogP contribution in [0.2, 0.25) is 0 Å². The van der Waals surface area contributed by atoms with Gasteiger partial charge in [-0.1, -0.05) is 42.1 Å². The van der Waals surface area contributed by atoms with E-state index in [0.29, 0.717) is 6.42 Å². The summed E-state index contributed by atoms with van der Waals surface area (Å²) in [6.07, 6.45) is 2.34. The summed E-state index contributed by atoms with van der Waals surface area (Å²) >= 11 is 3.28. The molecule has 0 saturated heterocycles. The molecule has 3 nitrogen and oxygen atoms in total. The Bertz CT molecular complexity index is 468. The van der Waals surface area contributed by atoms with E-state index in [1.807, 2.05) is 23.6 Å². The van der Waals surface area contributed by atoms with E-state index < -0.39 is 0 Å². The fraction of sp³-hybridized carbons (Fsp3) is 0.167. The molecule has 0 aliphatic rings. The van der Waals surface area contributed by atoms with Gasteiger partial charge in [-0.3, -0.25) is 5.41 Å². The highest BCUT2D eigenvalue weighted by Gasteiger charge is 2.15. The summed E-state index contributed by atoms with van der Waals surface area (Å²) < 4.78 is 1.01. The van der Waals surface area contributed by atoms with E-state index in [2.05, 4.69) is 17.1 Å². The Labute approximate surface area is 109 Å². The molecule has 1 heterocycles. The predicted octanol–water partition coefficient (Wildman–Crippen LogP) is 3.30. The third kappa shape index (κ3) is 3.57. The van der Waals surface area contributed by atoms with Gasteiger partial charge in [0.2, 0.25) is 0 Å². The van der Waals surface area contributed by atoms with Crippen molar-refractivity contribution in [2.75, 3.05) is 0 Å². The maximum atomic E-state index is 7.45. The fourth-order valence-electron chi connectivity index (χ4n) is 1.49. The molecule has 0 aliphatic carbocycles. The zero-order valence-electron chi connectivity index (χ0n) is 9.17. The molecule has 0 saturated carbocycles. The van der Waals surface area contributed by atoms with Crippen LogP contribution in [0.4, 0.5) is 0 Å². The van der Waals surface area contributed by atoms with Gasteiger partial charge in [-0.2, -0.15) is 0 Å². The number of thiazole rings is 1. The second-order valence-electron chi connectivity index (χ2n) is 3.54. The van der Waals surface area contributed by atoms with Crippen LogP contribution in [0.5, 0.6) is 0 Å². The molecule has 0 fully saturated rings. The van der Waals surface area contributed by atoms with Crippen LogP contribution < -0.4 is 5.73 Å². The van der Waals surface area contributed by atoms with Crippen molar-refractivity contribution in [3.63, 3.8) is 0 Å². The number of rotatable bonds is 5. The Morgan fingerprint density at radius 3 is 2.76 bits per heavy atom. The summed E-state index contributed by atoms with van der Waals surface area (Å²) in [5, 5.41) is 9.57. The molecule has 0 bridgehead atoms. The van der Waals surface area contributed by atoms with Gasteiger partial charge in [-0.25, -0.2) is 4.98 Å². The molecule has 0 amide bonds. The second-order valence-corrected chi connectivity index (χ2v) is 5.89. The lowest BCUT2D eigenvalue weighted by Crippen LogP contribution is -2.12. The van der Waals surface area contributed by atoms with E-state index in [4.69, 9.17) is 11.1 Å². The van der Waals surface area contributed by atoms with E-state index in [0.717, 1.165) is 4.34 Å². The van der Waals surface area contributed by atoms with E-state index in [1.54, 1.807) is 29.3 Å². The average molecular weight is 263 g/mol. The van der Waals surface area contributed by atoms with Gasteiger partial charge in [-0.05, 0) is 5.56 Å². The van der Waals surface area contributed by atoms with Crippen molar-refractivity contribution in [3.8, 4) is 0 Å². The van der Waals surface area contributed by atoms with Crippen molar-refractivity contribution in [2.45, 2.75) is 16.0 Å². The highest BCUT2D eigenvalue weighted by atomic mass is 32.2. The number of hydrogen-bond donors (Lipinski definition) is 2. The van der Waals surface area contributed by atoms with Crippen LogP contribution >= 0.6 is 23.1 Å². The van der Waals surface area contributed by atoms with E-state index in [9.17, 15) is 0 Å². The fourth-order valence-corrected chi connectivity index (χ4v) is 3.50. The summed E-state index contributed by atoms with van der Waals surface area (Å²) in [4.78, 5) is 4.26. The van der Waals surface area contributed by atoms with Crippen LogP contribution in [0, 0.1) is 5.41 Å². The molecule has 0 spiro atoms. The molecule has 1 aromatic heterocycles. The summed E-state index contributed by atoms with van der Waals surface area (Å²) in [5.41, 5.74) is 6.70. The number of benzene rings is 1. The summed E-state index contributed by atoms with van der Waals surface area (Å²) in [7, 11) is 0. The van der Waals surface area contributed by atoms with Gasteiger partial charge < -0.3 is 5.73 Å². The van der Waals surface area contributed by atoms with Crippen LogP contribution in [0.25, 0.3) is 0 Å². The molecule has 3 N–H and O–H groups in total. The molecule has 2 rings (SSSR count). The maximum Gasteiger partial charge on any atom is 0.150 e. The number of amidine groups is 1. The number of nitrogens with zero attached hydrogens (tertiary/aromatic N) is 1. The molecule has 5 heteroatoms. The lowest BCUT2D eigenvalue weighted by molar-refractivity contribution is 0.982. The van der Waals surface area contributed by atoms with Crippen molar-refractivity contribution < 1.29 is 0 Å². The Morgan fingerprint density at radius 1 is 1.41 bits per heavy atom. The lowest BCUT2D eigenvalue weighted by atomic mass is 10.1. The summed E-state index contributed by atoms with van der Waals surface area (Å²) in [5.74, 6) is 0.211. The first kappa shape index (κ1) is 12.1. The molecule has 0 aliphatic heterocycles. The Hall–Kier alpha value is -1.33. The summed E-state index contributed by atoms with van der Waals surface area (Å²) in [6.45, 7) is 0. The third-order valence-electron chi connectivity index (χ3n) is 2.23. The average Bonchev–Trinajstić information content (AvgIpc) is 2.82. The van der Waals surface area contributed by atoms with Crippen LogP contribution in [0.3, 0.4) is 0 Å². The smallest absolute Gasteiger partial charge is 0.150 e. The molecule has 1 unspecified atom stereocenters. The number of thioether (sulfide) groups is 1. The molecule has 2 aromatic rings. The minimum absolute atomic E-state index is 0.167. The normalized spacial score (nSPS) is 12.2. The number of aromatic nitrogens is 1. The van der Waals surface area contributed by atoms with Crippen LogP contribution in [0.15, 0.2) is 46.2 Å². The van der Waals surface area contributed by atoms with E-state index >= 15 is 0 Å². The summed E-state index contributed by atoms with van der Waals surface area (Å²) in [6, 6.07) is 10.1. The predicted molar refractivity (Wildman–Crippen MR) is 73.7 cm³/mol.